The van der Waals surface area contributed by atoms with Crippen LogP contribution in [0.25, 0.3) is 0 Å². The molecule has 0 saturated carbocycles. The summed E-state index contributed by atoms with van der Waals surface area (Å²) < 4.78 is 4.83. The number of rotatable bonds is 0. The van der Waals surface area contributed by atoms with E-state index < -0.39 is 0 Å². The van der Waals surface area contributed by atoms with Crippen molar-refractivity contribution < 1.29 is 4.74 Å². The molecule has 0 unspecified atom stereocenters. The van der Waals surface area contributed by atoms with Crippen molar-refractivity contribution in [1.82, 2.24) is 5.32 Å². The minimum absolute atomic E-state index is 0. The van der Waals surface area contributed by atoms with Gasteiger partial charge < -0.3 is 4.74 Å². The summed E-state index contributed by atoms with van der Waals surface area (Å²) in [4.78, 5) is 0. The summed E-state index contributed by atoms with van der Waals surface area (Å²) in [5.74, 6) is 0. The SMILES string of the molecule is C1COCN1.[LiH]. The van der Waals surface area contributed by atoms with Crippen molar-refractivity contribution in [2.24, 2.45) is 0 Å². The number of hydrogen-bond acceptors (Lipinski definition) is 2. The van der Waals surface area contributed by atoms with E-state index in [0.29, 0.717) is 0 Å². The van der Waals surface area contributed by atoms with Crippen LogP contribution in [0.5, 0.6) is 0 Å². The third-order valence-electron chi connectivity index (χ3n) is 0.627. The summed E-state index contributed by atoms with van der Waals surface area (Å²) in [7, 11) is 0. The van der Waals surface area contributed by atoms with E-state index in [1.165, 1.54) is 0 Å². The molecule has 0 atom stereocenters. The minimum atomic E-state index is 0. The second-order valence-electron chi connectivity index (χ2n) is 1.05. The molecule has 0 aromatic rings. The van der Waals surface area contributed by atoms with Gasteiger partial charge in [0.05, 0.1) is 13.3 Å². The fourth-order valence-electron chi connectivity index (χ4n) is 0.361. The quantitative estimate of drug-likeness (QED) is 0.374. The normalized spacial score (nSPS) is 20.0. The van der Waals surface area contributed by atoms with Crippen molar-refractivity contribution in [2.45, 2.75) is 0 Å². The Morgan fingerprint density at radius 2 is 2.33 bits per heavy atom. The summed E-state index contributed by atoms with van der Waals surface area (Å²) in [6, 6.07) is 0. The van der Waals surface area contributed by atoms with Gasteiger partial charge in [-0.25, -0.2) is 0 Å². The van der Waals surface area contributed by atoms with Crippen LogP contribution in [0.4, 0.5) is 0 Å². The molecule has 2 nitrogen and oxygen atoms in total. The van der Waals surface area contributed by atoms with E-state index in [-0.39, 0.29) is 18.9 Å². The standard InChI is InChI=1S/C3H7NO.Li.H/c1-2-5-3-4-1;;/h4H,1-3H2;;. The van der Waals surface area contributed by atoms with Crippen LogP contribution in [0.15, 0.2) is 0 Å². The molecule has 0 aliphatic carbocycles. The molecule has 0 amide bonds. The molecule has 0 bridgehead atoms. The van der Waals surface area contributed by atoms with Gasteiger partial charge in [-0.2, -0.15) is 0 Å². The zero-order valence-corrected chi connectivity index (χ0v) is 3.03. The van der Waals surface area contributed by atoms with Gasteiger partial charge in [0.25, 0.3) is 0 Å². The Hall–Kier alpha value is 0.517. The third kappa shape index (κ3) is 1.84. The van der Waals surface area contributed by atoms with E-state index in [0.717, 1.165) is 19.9 Å². The molecule has 1 heterocycles. The van der Waals surface area contributed by atoms with Crippen LogP contribution in [0.2, 0.25) is 0 Å². The summed E-state index contributed by atoms with van der Waals surface area (Å²) in [5.41, 5.74) is 0. The average molecular weight is 81.0 g/mol. The van der Waals surface area contributed by atoms with E-state index in [4.69, 9.17) is 4.74 Å². The van der Waals surface area contributed by atoms with Gasteiger partial charge in [-0.05, 0) is 0 Å². The molecule has 1 rings (SSSR count). The first kappa shape index (κ1) is 6.52. The van der Waals surface area contributed by atoms with E-state index in [1.807, 2.05) is 0 Å². The van der Waals surface area contributed by atoms with Gasteiger partial charge in [-0.1, -0.05) is 0 Å². The monoisotopic (exact) mass is 81.1 g/mol. The van der Waals surface area contributed by atoms with Crippen molar-refractivity contribution >= 4 is 18.9 Å². The summed E-state index contributed by atoms with van der Waals surface area (Å²) in [6.45, 7) is 2.67. The van der Waals surface area contributed by atoms with Crippen molar-refractivity contribution in [1.29, 1.82) is 0 Å². The van der Waals surface area contributed by atoms with E-state index in [9.17, 15) is 0 Å². The van der Waals surface area contributed by atoms with Crippen LogP contribution >= 0.6 is 0 Å². The maximum atomic E-state index is 4.83. The second kappa shape index (κ2) is 3.70. The molecule has 1 aliphatic rings. The molecule has 0 aromatic carbocycles. The molecule has 1 saturated heterocycles. The number of hydrogen-bond donors (Lipinski definition) is 1. The first-order valence-electron chi connectivity index (χ1n) is 1.78. The molecule has 6 heavy (non-hydrogen) atoms. The Labute approximate surface area is 49.4 Å². The van der Waals surface area contributed by atoms with Crippen LogP contribution in [-0.2, 0) is 4.74 Å². The van der Waals surface area contributed by atoms with E-state index >= 15 is 0 Å². The Bertz CT molecular complexity index is 22.4. The topological polar surface area (TPSA) is 21.3 Å². The molecule has 1 N–H and O–H groups in total. The van der Waals surface area contributed by atoms with E-state index in [1.54, 1.807) is 0 Å². The fourth-order valence-corrected chi connectivity index (χ4v) is 0.361. The molecule has 3 heteroatoms. The summed E-state index contributed by atoms with van der Waals surface area (Å²) >= 11 is 0. The zero-order chi connectivity index (χ0) is 3.54. The molecule has 1 aliphatic heterocycles. The van der Waals surface area contributed by atoms with Crippen LogP contribution in [0.3, 0.4) is 0 Å². The Morgan fingerprint density at radius 3 is 2.50 bits per heavy atom. The first-order chi connectivity index (χ1) is 2.50. The second-order valence-corrected chi connectivity index (χ2v) is 1.05. The van der Waals surface area contributed by atoms with Crippen LogP contribution in [0.1, 0.15) is 0 Å². The average Bonchev–Trinajstić information content (AvgIpc) is 1.76. The maximum absolute atomic E-state index is 4.83. The predicted octanol–water partition coefficient (Wildman–Crippen LogP) is -1.08. The molecule has 1 fully saturated rings. The molecular weight excluding hydrogens is 73.0 g/mol. The third-order valence-corrected chi connectivity index (χ3v) is 0.627. The van der Waals surface area contributed by atoms with Gasteiger partial charge in [0.2, 0.25) is 0 Å². The molecule has 0 spiro atoms. The summed E-state index contributed by atoms with van der Waals surface area (Å²) in [6.07, 6.45) is 0. The first-order valence-corrected chi connectivity index (χ1v) is 1.78. The van der Waals surface area contributed by atoms with Gasteiger partial charge in [0.15, 0.2) is 0 Å². The Morgan fingerprint density at radius 1 is 1.50 bits per heavy atom. The molecule has 0 radical (unpaired) electrons. The van der Waals surface area contributed by atoms with Crippen molar-refractivity contribution in [3.63, 3.8) is 0 Å². The fraction of sp³-hybridized carbons (Fsp3) is 1.00. The number of nitrogens with one attached hydrogen (secondary N) is 1. The van der Waals surface area contributed by atoms with E-state index in [2.05, 4.69) is 5.32 Å². The van der Waals surface area contributed by atoms with Gasteiger partial charge >= 0.3 is 18.9 Å². The van der Waals surface area contributed by atoms with Crippen LogP contribution < -0.4 is 5.32 Å². The molecule has 0 aromatic heterocycles. The number of ether oxygens (including phenoxy) is 1. The predicted molar refractivity (Wildman–Crippen MR) is 26.0 cm³/mol. The van der Waals surface area contributed by atoms with Gasteiger partial charge in [0.1, 0.15) is 0 Å². The van der Waals surface area contributed by atoms with Crippen LogP contribution in [0, 0.1) is 0 Å². The van der Waals surface area contributed by atoms with Gasteiger partial charge in [-0.15, -0.1) is 0 Å². The van der Waals surface area contributed by atoms with Crippen molar-refractivity contribution in [3.8, 4) is 0 Å². The summed E-state index contributed by atoms with van der Waals surface area (Å²) in [5, 5.41) is 3.00. The molecular formula is C3H8LiNO. The van der Waals surface area contributed by atoms with Crippen LogP contribution in [-0.4, -0.2) is 38.7 Å². The van der Waals surface area contributed by atoms with Gasteiger partial charge in [0, 0.05) is 6.54 Å². The zero-order valence-electron chi connectivity index (χ0n) is 3.03. The Balaban J connectivity index is 0.000000250. The Kier molecular flexibility index (Phi) is 4.02. The van der Waals surface area contributed by atoms with Crippen molar-refractivity contribution in [3.05, 3.63) is 0 Å². The van der Waals surface area contributed by atoms with Gasteiger partial charge in [-0.3, -0.25) is 5.32 Å². The van der Waals surface area contributed by atoms with Crippen molar-refractivity contribution in [2.75, 3.05) is 19.9 Å². The molecule has 32 valence electrons.